The van der Waals surface area contributed by atoms with Crippen molar-refractivity contribution in [2.24, 2.45) is 5.73 Å². The van der Waals surface area contributed by atoms with E-state index in [0.29, 0.717) is 0 Å². The Morgan fingerprint density at radius 1 is 1.31 bits per heavy atom. The van der Waals surface area contributed by atoms with Gasteiger partial charge in [0.15, 0.2) is 0 Å². The summed E-state index contributed by atoms with van der Waals surface area (Å²) in [4.78, 5) is 21.6. The summed E-state index contributed by atoms with van der Waals surface area (Å²) in [7, 11) is -3.10. The second-order valence-corrected chi connectivity index (χ2v) is 5.92. The Kier molecular flexibility index (Phi) is 5.39. The van der Waals surface area contributed by atoms with E-state index in [9.17, 15) is 18.0 Å². The van der Waals surface area contributed by atoms with Gasteiger partial charge in [-0.05, 0) is 13.8 Å². The largest absolute Gasteiger partial charge is 0.351 e. The van der Waals surface area contributed by atoms with Gasteiger partial charge in [0.05, 0.1) is 11.8 Å². The van der Waals surface area contributed by atoms with Gasteiger partial charge in [-0.25, -0.2) is 13.2 Å². The van der Waals surface area contributed by atoms with E-state index in [-0.39, 0.29) is 11.8 Å². The first kappa shape index (κ1) is 14.8. The van der Waals surface area contributed by atoms with Crippen LogP contribution < -0.4 is 16.4 Å². The van der Waals surface area contributed by atoms with Gasteiger partial charge in [-0.2, -0.15) is 0 Å². The number of imide groups is 1. The Balaban J connectivity index is 4.19. The van der Waals surface area contributed by atoms with Gasteiger partial charge in [0, 0.05) is 12.3 Å². The molecule has 0 bridgehead atoms. The third-order valence-corrected chi connectivity index (χ3v) is 2.83. The van der Waals surface area contributed by atoms with E-state index < -0.39 is 27.8 Å². The Bertz CT molecular complexity index is 365. The molecular formula is C8H17N3O4S. The number of carbonyl (C=O) groups is 2. The number of amides is 3. The Morgan fingerprint density at radius 2 is 1.81 bits per heavy atom. The maximum Gasteiger partial charge on any atom is 0.318 e. The molecular weight excluding hydrogens is 234 g/mol. The standard InChI is InChI=1S/C8H17N3O4S/c1-5(4-16(3,14)15)10-6(2)7(12)11-8(9)13/h5-6,10H,4H2,1-3H3,(H3,9,11,12,13). The molecule has 3 amide bonds. The van der Waals surface area contributed by atoms with Crippen molar-refractivity contribution in [2.45, 2.75) is 25.9 Å². The molecule has 0 rings (SSSR count). The van der Waals surface area contributed by atoms with Crippen molar-refractivity contribution in [3.05, 3.63) is 0 Å². The molecule has 0 heterocycles. The molecule has 16 heavy (non-hydrogen) atoms. The molecule has 7 nitrogen and oxygen atoms in total. The van der Waals surface area contributed by atoms with Gasteiger partial charge in [0.1, 0.15) is 9.84 Å². The molecule has 0 aromatic rings. The van der Waals surface area contributed by atoms with Gasteiger partial charge < -0.3 is 11.1 Å². The van der Waals surface area contributed by atoms with Crippen molar-refractivity contribution in [1.82, 2.24) is 10.6 Å². The maximum atomic E-state index is 11.2. The molecule has 0 fully saturated rings. The lowest BCUT2D eigenvalue weighted by Gasteiger charge is -2.17. The Hall–Kier alpha value is -1.15. The molecule has 0 aromatic carbocycles. The fourth-order valence-electron chi connectivity index (χ4n) is 1.23. The first-order valence-electron chi connectivity index (χ1n) is 4.66. The van der Waals surface area contributed by atoms with Crippen molar-refractivity contribution in [2.75, 3.05) is 12.0 Å². The summed E-state index contributed by atoms with van der Waals surface area (Å²) in [5, 5.41) is 4.64. The average molecular weight is 251 g/mol. The number of hydrogen-bond donors (Lipinski definition) is 3. The SMILES string of the molecule is CC(CS(C)(=O)=O)NC(C)C(=O)NC(N)=O. The van der Waals surface area contributed by atoms with Crippen LogP contribution in [0, 0.1) is 0 Å². The molecule has 8 heteroatoms. The molecule has 0 aliphatic heterocycles. The third kappa shape index (κ3) is 7.18. The minimum atomic E-state index is -3.10. The van der Waals surface area contributed by atoms with Crippen LogP contribution >= 0.6 is 0 Å². The fourth-order valence-corrected chi connectivity index (χ4v) is 2.24. The van der Waals surface area contributed by atoms with Gasteiger partial charge in [-0.1, -0.05) is 0 Å². The lowest BCUT2D eigenvalue weighted by molar-refractivity contribution is -0.121. The van der Waals surface area contributed by atoms with Crippen molar-refractivity contribution >= 4 is 21.8 Å². The zero-order valence-corrected chi connectivity index (χ0v) is 10.3. The van der Waals surface area contributed by atoms with Crippen molar-refractivity contribution in [3.63, 3.8) is 0 Å². The molecule has 0 aromatic heterocycles. The van der Waals surface area contributed by atoms with Gasteiger partial charge in [0.2, 0.25) is 5.91 Å². The van der Waals surface area contributed by atoms with E-state index in [1.165, 1.54) is 6.92 Å². The first-order chi connectivity index (χ1) is 7.11. The Labute approximate surface area is 94.7 Å². The molecule has 0 saturated heterocycles. The number of primary amides is 1. The highest BCUT2D eigenvalue weighted by atomic mass is 32.2. The van der Waals surface area contributed by atoms with Gasteiger partial charge >= 0.3 is 6.03 Å². The molecule has 94 valence electrons. The highest BCUT2D eigenvalue weighted by molar-refractivity contribution is 7.90. The zero-order valence-electron chi connectivity index (χ0n) is 9.48. The lowest BCUT2D eigenvalue weighted by Crippen LogP contribution is -2.50. The molecule has 0 radical (unpaired) electrons. The van der Waals surface area contributed by atoms with Crippen LogP contribution in [0.15, 0.2) is 0 Å². The quantitative estimate of drug-likeness (QED) is 0.555. The summed E-state index contributed by atoms with van der Waals surface area (Å²) in [6.45, 7) is 3.14. The lowest BCUT2D eigenvalue weighted by atomic mass is 10.2. The monoisotopic (exact) mass is 251 g/mol. The number of nitrogens with two attached hydrogens (primary N) is 1. The summed E-state index contributed by atoms with van der Waals surface area (Å²) in [6.07, 6.45) is 1.11. The van der Waals surface area contributed by atoms with Crippen LogP contribution in [-0.4, -0.2) is 44.4 Å². The van der Waals surface area contributed by atoms with Crippen LogP contribution in [0.4, 0.5) is 4.79 Å². The van der Waals surface area contributed by atoms with Gasteiger partial charge in [-0.15, -0.1) is 0 Å². The molecule has 0 spiro atoms. The maximum absolute atomic E-state index is 11.2. The molecule has 0 saturated carbocycles. The molecule has 0 aliphatic carbocycles. The van der Waals surface area contributed by atoms with Crippen LogP contribution in [-0.2, 0) is 14.6 Å². The van der Waals surface area contributed by atoms with Crippen molar-refractivity contribution < 1.29 is 18.0 Å². The predicted octanol–water partition coefficient (Wildman–Crippen LogP) is -1.41. The summed E-state index contributed by atoms with van der Waals surface area (Å²) >= 11 is 0. The zero-order chi connectivity index (χ0) is 12.9. The summed E-state index contributed by atoms with van der Waals surface area (Å²) < 4.78 is 21.9. The number of nitrogens with one attached hydrogen (secondary N) is 2. The van der Waals surface area contributed by atoms with Crippen LogP contribution in [0.3, 0.4) is 0 Å². The van der Waals surface area contributed by atoms with Crippen LogP contribution in [0.5, 0.6) is 0 Å². The highest BCUT2D eigenvalue weighted by Crippen LogP contribution is 1.93. The second-order valence-electron chi connectivity index (χ2n) is 3.74. The number of sulfone groups is 1. The number of urea groups is 1. The first-order valence-corrected chi connectivity index (χ1v) is 6.72. The second kappa shape index (κ2) is 5.80. The van der Waals surface area contributed by atoms with Gasteiger partial charge in [0.25, 0.3) is 0 Å². The van der Waals surface area contributed by atoms with E-state index in [4.69, 9.17) is 5.73 Å². The van der Waals surface area contributed by atoms with Crippen molar-refractivity contribution in [3.8, 4) is 0 Å². The van der Waals surface area contributed by atoms with Gasteiger partial charge in [-0.3, -0.25) is 10.1 Å². The summed E-state index contributed by atoms with van der Waals surface area (Å²) in [5.41, 5.74) is 4.77. The minimum absolute atomic E-state index is 0.0822. The predicted molar refractivity (Wildman–Crippen MR) is 59.5 cm³/mol. The van der Waals surface area contributed by atoms with E-state index in [0.717, 1.165) is 6.26 Å². The Morgan fingerprint density at radius 3 is 2.19 bits per heavy atom. The molecule has 4 N–H and O–H groups in total. The van der Waals surface area contributed by atoms with E-state index in [2.05, 4.69) is 5.32 Å². The van der Waals surface area contributed by atoms with Crippen LogP contribution in [0.2, 0.25) is 0 Å². The minimum Gasteiger partial charge on any atom is -0.351 e. The summed E-state index contributed by atoms with van der Waals surface area (Å²) in [6, 6.07) is -2.01. The van der Waals surface area contributed by atoms with Crippen LogP contribution in [0.1, 0.15) is 13.8 Å². The molecule has 0 aliphatic rings. The smallest absolute Gasteiger partial charge is 0.318 e. The van der Waals surface area contributed by atoms with Crippen LogP contribution in [0.25, 0.3) is 0 Å². The third-order valence-electron chi connectivity index (χ3n) is 1.73. The fraction of sp³-hybridized carbons (Fsp3) is 0.750. The normalized spacial score (nSPS) is 15.2. The number of carbonyl (C=O) groups excluding carboxylic acids is 2. The average Bonchev–Trinajstić information content (AvgIpc) is 1.98. The summed E-state index contributed by atoms with van der Waals surface area (Å²) in [5.74, 6) is -0.672. The topological polar surface area (TPSA) is 118 Å². The van der Waals surface area contributed by atoms with Crippen molar-refractivity contribution in [1.29, 1.82) is 0 Å². The molecule has 2 unspecified atom stereocenters. The molecule has 2 atom stereocenters. The number of rotatable bonds is 5. The van der Waals surface area contributed by atoms with E-state index >= 15 is 0 Å². The van der Waals surface area contributed by atoms with E-state index in [1.54, 1.807) is 6.92 Å². The van der Waals surface area contributed by atoms with E-state index in [1.807, 2.05) is 5.32 Å². The number of hydrogen-bond acceptors (Lipinski definition) is 5. The highest BCUT2D eigenvalue weighted by Gasteiger charge is 2.18.